The van der Waals surface area contributed by atoms with Crippen molar-refractivity contribution in [1.82, 2.24) is 0 Å². The molecular weight excluding hydrogens is 312 g/mol. The molecule has 0 saturated carbocycles. The molecule has 108 valence electrons. The van der Waals surface area contributed by atoms with Gasteiger partial charge in [0.2, 0.25) is 5.44 Å². The molecular formula is C15H11ClO4S. The van der Waals surface area contributed by atoms with E-state index in [1.807, 2.05) is 12.1 Å². The standard InChI is InChI=1S/C15H11ClO4S/c1-21-15(14(17)18)20-11-4-2-3-10-13(11)9-6-5-8(16)7-12(9)19-10/h2-7,15H,1H3,(H,17,18). The Kier molecular flexibility index (Phi) is 3.69. The van der Waals surface area contributed by atoms with Crippen LogP contribution in [0.3, 0.4) is 0 Å². The molecule has 2 aromatic carbocycles. The number of ether oxygens (including phenoxy) is 1. The third-order valence-corrected chi connectivity index (χ3v) is 4.03. The van der Waals surface area contributed by atoms with Crippen molar-refractivity contribution in [3.8, 4) is 5.75 Å². The summed E-state index contributed by atoms with van der Waals surface area (Å²) in [5.41, 5.74) is 0.312. The van der Waals surface area contributed by atoms with Gasteiger partial charge >= 0.3 is 5.97 Å². The lowest BCUT2D eigenvalue weighted by Crippen LogP contribution is -2.22. The Morgan fingerprint density at radius 3 is 2.86 bits per heavy atom. The summed E-state index contributed by atoms with van der Waals surface area (Å²) in [7, 11) is 0. The normalized spacial score (nSPS) is 12.7. The number of benzene rings is 2. The molecule has 0 aliphatic heterocycles. The van der Waals surface area contributed by atoms with Crippen LogP contribution in [0.1, 0.15) is 0 Å². The molecule has 0 aliphatic carbocycles. The molecule has 0 aliphatic rings. The van der Waals surface area contributed by atoms with Crippen molar-refractivity contribution in [2.75, 3.05) is 6.26 Å². The number of hydrogen-bond acceptors (Lipinski definition) is 4. The van der Waals surface area contributed by atoms with Gasteiger partial charge in [-0.3, -0.25) is 0 Å². The zero-order valence-corrected chi connectivity index (χ0v) is 12.6. The molecule has 6 heteroatoms. The van der Waals surface area contributed by atoms with E-state index in [-0.39, 0.29) is 0 Å². The fourth-order valence-electron chi connectivity index (χ4n) is 2.18. The van der Waals surface area contributed by atoms with Gasteiger partial charge in [0.25, 0.3) is 0 Å². The number of halogens is 1. The zero-order valence-electron chi connectivity index (χ0n) is 11.0. The van der Waals surface area contributed by atoms with Crippen molar-refractivity contribution in [1.29, 1.82) is 0 Å². The van der Waals surface area contributed by atoms with Crippen molar-refractivity contribution in [2.45, 2.75) is 5.44 Å². The first-order valence-corrected chi connectivity index (χ1v) is 7.80. The first-order valence-electron chi connectivity index (χ1n) is 6.13. The van der Waals surface area contributed by atoms with E-state index in [1.165, 1.54) is 0 Å². The molecule has 0 spiro atoms. The van der Waals surface area contributed by atoms with Gasteiger partial charge < -0.3 is 14.3 Å². The SMILES string of the molecule is CSC(Oc1cccc2oc3cc(Cl)ccc3c12)C(=O)O. The largest absolute Gasteiger partial charge is 0.478 e. The Morgan fingerprint density at radius 1 is 1.33 bits per heavy atom. The lowest BCUT2D eigenvalue weighted by molar-refractivity contribution is -0.140. The van der Waals surface area contributed by atoms with Crippen molar-refractivity contribution < 1.29 is 19.1 Å². The lowest BCUT2D eigenvalue weighted by Gasteiger charge is -2.13. The molecule has 4 nitrogen and oxygen atoms in total. The number of carbonyl (C=O) groups is 1. The summed E-state index contributed by atoms with van der Waals surface area (Å²) in [6.45, 7) is 0. The van der Waals surface area contributed by atoms with Crippen LogP contribution in [-0.4, -0.2) is 22.8 Å². The first-order chi connectivity index (χ1) is 10.1. The molecule has 0 amide bonds. The van der Waals surface area contributed by atoms with Crippen LogP contribution in [0.2, 0.25) is 5.02 Å². The Hall–Kier alpha value is -1.85. The summed E-state index contributed by atoms with van der Waals surface area (Å²) in [5, 5.41) is 11.3. The molecule has 0 radical (unpaired) electrons. The minimum atomic E-state index is -1.02. The second-order valence-electron chi connectivity index (χ2n) is 4.40. The summed E-state index contributed by atoms with van der Waals surface area (Å²) < 4.78 is 11.3. The van der Waals surface area contributed by atoms with E-state index in [9.17, 15) is 4.79 Å². The fourth-order valence-corrected chi connectivity index (χ4v) is 2.74. The fraction of sp³-hybridized carbons (Fsp3) is 0.133. The topological polar surface area (TPSA) is 59.7 Å². The summed E-state index contributed by atoms with van der Waals surface area (Å²) >= 11 is 7.08. The number of furan rings is 1. The maximum Gasteiger partial charge on any atom is 0.355 e. The van der Waals surface area contributed by atoms with Crippen LogP contribution >= 0.6 is 23.4 Å². The third-order valence-electron chi connectivity index (χ3n) is 3.07. The number of aliphatic carboxylic acids is 1. The van der Waals surface area contributed by atoms with Crippen LogP contribution in [0.25, 0.3) is 21.9 Å². The van der Waals surface area contributed by atoms with Gasteiger partial charge in [-0.15, -0.1) is 11.8 Å². The summed E-state index contributed by atoms with van der Waals surface area (Å²) in [6.07, 6.45) is 1.69. The quantitative estimate of drug-likeness (QED) is 0.722. The Balaban J connectivity index is 2.18. The summed E-state index contributed by atoms with van der Waals surface area (Å²) in [5.74, 6) is -0.536. The Bertz CT molecular complexity index is 827. The van der Waals surface area contributed by atoms with Crippen LogP contribution < -0.4 is 4.74 Å². The lowest BCUT2D eigenvalue weighted by atomic mass is 10.1. The predicted octanol–water partition coefficient (Wildman–Crippen LogP) is 4.39. The average Bonchev–Trinajstić information content (AvgIpc) is 2.82. The van der Waals surface area contributed by atoms with Crippen LogP contribution in [0, 0.1) is 0 Å². The van der Waals surface area contributed by atoms with Crippen molar-refractivity contribution in [2.24, 2.45) is 0 Å². The van der Waals surface area contributed by atoms with Crippen molar-refractivity contribution in [3.05, 3.63) is 41.4 Å². The van der Waals surface area contributed by atoms with E-state index < -0.39 is 11.4 Å². The van der Waals surface area contributed by atoms with Gasteiger partial charge in [0.1, 0.15) is 16.9 Å². The third kappa shape index (κ3) is 2.54. The Morgan fingerprint density at radius 2 is 2.14 bits per heavy atom. The van der Waals surface area contributed by atoms with E-state index in [1.54, 1.807) is 30.5 Å². The molecule has 0 bridgehead atoms. The van der Waals surface area contributed by atoms with E-state index in [2.05, 4.69) is 0 Å². The number of hydrogen-bond donors (Lipinski definition) is 1. The van der Waals surface area contributed by atoms with Gasteiger partial charge in [0, 0.05) is 16.5 Å². The molecule has 1 atom stereocenters. The molecule has 1 heterocycles. The second-order valence-corrected chi connectivity index (χ2v) is 5.73. The van der Waals surface area contributed by atoms with Gasteiger partial charge in [-0.1, -0.05) is 17.7 Å². The van der Waals surface area contributed by atoms with E-state index >= 15 is 0 Å². The van der Waals surface area contributed by atoms with Gasteiger partial charge in [0.05, 0.1) is 5.39 Å². The van der Waals surface area contributed by atoms with Gasteiger partial charge in [-0.2, -0.15) is 0 Å². The minimum Gasteiger partial charge on any atom is -0.478 e. The first kappa shape index (κ1) is 14.1. The smallest absolute Gasteiger partial charge is 0.355 e. The number of carboxylic acid groups (broad SMARTS) is 1. The van der Waals surface area contributed by atoms with Crippen molar-refractivity contribution in [3.63, 3.8) is 0 Å². The monoisotopic (exact) mass is 322 g/mol. The van der Waals surface area contributed by atoms with E-state index in [0.717, 1.165) is 22.5 Å². The Labute approximate surface area is 129 Å². The molecule has 0 saturated heterocycles. The molecule has 1 aromatic heterocycles. The highest BCUT2D eigenvalue weighted by Crippen LogP contribution is 2.37. The number of rotatable bonds is 4. The van der Waals surface area contributed by atoms with E-state index in [4.69, 9.17) is 25.9 Å². The van der Waals surface area contributed by atoms with Gasteiger partial charge in [-0.05, 0) is 30.5 Å². The highest BCUT2D eigenvalue weighted by Gasteiger charge is 2.20. The van der Waals surface area contributed by atoms with Gasteiger partial charge in [0.15, 0.2) is 0 Å². The van der Waals surface area contributed by atoms with Crippen LogP contribution in [0.4, 0.5) is 0 Å². The summed E-state index contributed by atoms with van der Waals surface area (Å²) in [6, 6.07) is 10.6. The molecule has 3 rings (SSSR count). The minimum absolute atomic E-state index is 0.482. The summed E-state index contributed by atoms with van der Waals surface area (Å²) in [4.78, 5) is 11.1. The average molecular weight is 323 g/mol. The van der Waals surface area contributed by atoms with Crippen LogP contribution in [0.5, 0.6) is 5.75 Å². The number of carboxylic acids is 1. The van der Waals surface area contributed by atoms with E-state index in [0.29, 0.717) is 21.9 Å². The molecule has 21 heavy (non-hydrogen) atoms. The van der Waals surface area contributed by atoms with Gasteiger partial charge in [-0.25, -0.2) is 4.79 Å². The predicted molar refractivity (Wildman–Crippen MR) is 84.3 cm³/mol. The zero-order chi connectivity index (χ0) is 15.0. The highest BCUT2D eigenvalue weighted by molar-refractivity contribution is 7.99. The maximum atomic E-state index is 11.1. The van der Waals surface area contributed by atoms with Crippen molar-refractivity contribution >= 4 is 51.3 Å². The molecule has 1 N–H and O–H groups in total. The molecule has 3 aromatic rings. The second kappa shape index (κ2) is 5.50. The van der Waals surface area contributed by atoms with Crippen LogP contribution in [0.15, 0.2) is 40.8 Å². The maximum absolute atomic E-state index is 11.1. The molecule has 0 fully saturated rings. The number of fused-ring (bicyclic) bond motifs is 3. The highest BCUT2D eigenvalue weighted by atomic mass is 35.5. The molecule has 1 unspecified atom stereocenters. The number of thioether (sulfide) groups is 1. The van der Waals surface area contributed by atoms with Crippen LogP contribution in [-0.2, 0) is 4.79 Å².